The van der Waals surface area contributed by atoms with Crippen molar-refractivity contribution < 1.29 is 9.59 Å². The van der Waals surface area contributed by atoms with Crippen LogP contribution in [0.25, 0.3) is 10.9 Å². The van der Waals surface area contributed by atoms with Gasteiger partial charge in [-0.25, -0.2) is 0 Å². The Bertz CT molecular complexity index is 1170. The van der Waals surface area contributed by atoms with Crippen LogP contribution in [0.2, 0.25) is 0 Å². The first-order chi connectivity index (χ1) is 14.5. The number of aryl methyl sites for hydroxylation is 2. The molecule has 0 saturated carbocycles. The molecule has 0 bridgehead atoms. The van der Waals surface area contributed by atoms with E-state index in [1.807, 2.05) is 67.9 Å². The number of H-pyrrole nitrogens is 1. The van der Waals surface area contributed by atoms with Gasteiger partial charge in [-0.15, -0.1) is 11.3 Å². The topological polar surface area (TPSA) is 74.0 Å². The maximum atomic E-state index is 13.2. The van der Waals surface area contributed by atoms with E-state index in [-0.39, 0.29) is 11.8 Å². The second-order valence-electron chi connectivity index (χ2n) is 7.43. The summed E-state index contributed by atoms with van der Waals surface area (Å²) >= 11 is 1.35. The van der Waals surface area contributed by atoms with Gasteiger partial charge in [0.25, 0.3) is 5.91 Å². The van der Waals surface area contributed by atoms with Crippen molar-refractivity contribution in [1.82, 2.24) is 10.3 Å². The van der Waals surface area contributed by atoms with Crippen LogP contribution in [0.3, 0.4) is 0 Å². The van der Waals surface area contributed by atoms with Crippen LogP contribution in [-0.2, 0) is 11.2 Å². The highest BCUT2D eigenvalue weighted by Crippen LogP contribution is 2.21. The Morgan fingerprint density at radius 1 is 1.03 bits per heavy atom. The predicted molar refractivity (Wildman–Crippen MR) is 122 cm³/mol. The van der Waals surface area contributed by atoms with Crippen LogP contribution >= 0.6 is 11.3 Å². The normalized spacial score (nSPS) is 11.9. The Kier molecular flexibility index (Phi) is 5.68. The van der Waals surface area contributed by atoms with E-state index >= 15 is 0 Å². The Morgan fingerprint density at radius 3 is 2.53 bits per heavy atom. The molecule has 2 amide bonds. The van der Waals surface area contributed by atoms with Gasteiger partial charge in [0.1, 0.15) is 6.04 Å². The van der Waals surface area contributed by atoms with Crippen molar-refractivity contribution >= 4 is 39.7 Å². The molecule has 6 heteroatoms. The molecule has 5 nitrogen and oxygen atoms in total. The number of aromatic nitrogens is 1. The lowest BCUT2D eigenvalue weighted by Gasteiger charge is -2.18. The molecular weight excluding hydrogens is 394 g/mol. The lowest BCUT2D eigenvalue weighted by molar-refractivity contribution is -0.118. The van der Waals surface area contributed by atoms with Crippen molar-refractivity contribution in [2.75, 3.05) is 5.32 Å². The summed E-state index contributed by atoms with van der Waals surface area (Å²) in [6.07, 6.45) is 2.29. The molecule has 4 aromatic rings. The maximum Gasteiger partial charge on any atom is 0.262 e. The minimum absolute atomic E-state index is 0.241. The van der Waals surface area contributed by atoms with Gasteiger partial charge in [0, 0.05) is 29.2 Å². The molecule has 0 aliphatic heterocycles. The molecule has 4 rings (SSSR count). The Morgan fingerprint density at radius 2 is 1.80 bits per heavy atom. The lowest BCUT2D eigenvalue weighted by Crippen LogP contribution is -2.45. The zero-order chi connectivity index (χ0) is 21.1. The maximum absolute atomic E-state index is 13.2. The third-order valence-electron chi connectivity index (χ3n) is 4.95. The summed E-state index contributed by atoms with van der Waals surface area (Å²) in [5, 5.41) is 8.79. The molecule has 0 radical (unpaired) electrons. The average Bonchev–Trinajstić information content (AvgIpc) is 3.37. The molecule has 2 aromatic heterocycles. The number of anilines is 1. The SMILES string of the molecule is Cc1cc(C)cc(NC(=O)C(Cc2c[nH]c3ccccc23)NC(=O)c2cccs2)c1. The lowest BCUT2D eigenvalue weighted by atomic mass is 10.0. The van der Waals surface area contributed by atoms with E-state index in [9.17, 15) is 9.59 Å². The molecule has 152 valence electrons. The van der Waals surface area contributed by atoms with Gasteiger partial charge in [0.05, 0.1) is 4.88 Å². The van der Waals surface area contributed by atoms with Gasteiger partial charge in [-0.1, -0.05) is 30.3 Å². The molecule has 1 unspecified atom stereocenters. The van der Waals surface area contributed by atoms with Crippen LogP contribution in [0.15, 0.2) is 66.2 Å². The first-order valence-electron chi connectivity index (χ1n) is 9.78. The molecule has 0 saturated heterocycles. The zero-order valence-electron chi connectivity index (χ0n) is 16.9. The van der Waals surface area contributed by atoms with E-state index in [2.05, 4.69) is 21.7 Å². The van der Waals surface area contributed by atoms with E-state index in [1.165, 1.54) is 11.3 Å². The third-order valence-corrected chi connectivity index (χ3v) is 5.82. The summed E-state index contributed by atoms with van der Waals surface area (Å²) < 4.78 is 0. The summed E-state index contributed by atoms with van der Waals surface area (Å²) in [6.45, 7) is 3.98. The van der Waals surface area contributed by atoms with E-state index in [0.717, 1.165) is 33.3 Å². The zero-order valence-corrected chi connectivity index (χ0v) is 17.7. The van der Waals surface area contributed by atoms with Gasteiger partial charge in [-0.05, 0) is 60.2 Å². The second kappa shape index (κ2) is 8.55. The third kappa shape index (κ3) is 4.44. The van der Waals surface area contributed by atoms with Gasteiger partial charge in [-0.2, -0.15) is 0 Å². The van der Waals surface area contributed by atoms with E-state index < -0.39 is 6.04 Å². The number of hydrogen-bond donors (Lipinski definition) is 3. The van der Waals surface area contributed by atoms with E-state index in [0.29, 0.717) is 11.3 Å². The first-order valence-corrected chi connectivity index (χ1v) is 10.7. The first kappa shape index (κ1) is 19.9. The Hall–Kier alpha value is -3.38. The van der Waals surface area contributed by atoms with Crippen molar-refractivity contribution in [3.8, 4) is 0 Å². The summed E-state index contributed by atoms with van der Waals surface area (Å²) in [5.41, 5.74) is 4.86. The molecule has 2 heterocycles. The number of para-hydroxylation sites is 1. The highest BCUT2D eigenvalue weighted by atomic mass is 32.1. The number of rotatable bonds is 6. The highest BCUT2D eigenvalue weighted by molar-refractivity contribution is 7.12. The van der Waals surface area contributed by atoms with Gasteiger partial charge in [-0.3, -0.25) is 9.59 Å². The fourth-order valence-corrected chi connectivity index (χ4v) is 4.27. The average molecular weight is 418 g/mol. The standard InChI is InChI=1S/C24H23N3O2S/c1-15-10-16(2)12-18(11-15)26-23(28)21(27-24(29)22-8-5-9-30-22)13-17-14-25-20-7-4-3-6-19(17)20/h3-12,14,21,25H,13H2,1-2H3,(H,26,28)(H,27,29). The van der Waals surface area contributed by atoms with Crippen LogP contribution in [0, 0.1) is 13.8 Å². The summed E-state index contributed by atoms with van der Waals surface area (Å²) in [7, 11) is 0. The van der Waals surface area contributed by atoms with Crippen molar-refractivity contribution in [1.29, 1.82) is 0 Å². The fourth-order valence-electron chi connectivity index (χ4n) is 3.64. The molecule has 1 atom stereocenters. The summed E-state index contributed by atoms with van der Waals surface area (Å²) in [6, 6.07) is 16.7. The smallest absolute Gasteiger partial charge is 0.262 e. The quantitative estimate of drug-likeness (QED) is 0.421. The molecule has 0 aliphatic carbocycles. The number of nitrogens with one attached hydrogen (secondary N) is 3. The summed E-state index contributed by atoms with van der Waals surface area (Å²) in [4.78, 5) is 29.7. The van der Waals surface area contributed by atoms with Crippen LogP contribution in [0.1, 0.15) is 26.4 Å². The van der Waals surface area contributed by atoms with Crippen molar-refractivity contribution in [3.05, 3.63) is 87.7 Å². The number of thiophene rings is 1. The summed E-state index contributed by atoms with van der Waals surface area (Å²) in [5.74, 6) is -0.486. The molecule has 30 heavy (non-hydrogen) atoms. The molecule has 0 fully saturated rings. The number of amides is 2. The van der Waals surface area contributed by atoms with Crippen LogP contribution < -0.4 is 10.6 Å². The Labute approximate surface area is 179 Å². The van der Waals surface area contributed by atoms with Gasteiger partial charge in [0.15, 0.2) is 0 Å². The van der Waals surface area contributed by atoms with Crippen molar-refractivity contribution in [2.24, 2.45) is 0 Å². The van der Waals surface area contributed by atoms with Crippen LogP contribution in [0.5, 0.6) is 0 Å². The molecular formula is C24H23N3O2S. The minimum atomic E-state index is -0.709. The Balaban J connectivity index is 1.60. The van der Waals surface area contributed by atoms with Crippen molar-refractivity contribution in [3.63, 3.8) is 0 Å². The largest absolute Gasteiger partial charge is 0.361 e. The number of benzene rings is 2. The second-order valence-corrected chi connectivity index (χ2v) is 8.38. The van der Waals surface area contributed by atoms with Gasteiger partial charge < -0.3 is 15.6 Å². The number of carbonyl (C=O) groups excluding carboxylic acids is 2. The number of carbonyl (C=O) groups is 2. The van der Waals surface area contributed by atoms with Gasteiger partial charge in [0.2, 0.25) is 5.91 Å². The highest BCUT2D eigenvalue weighted by Gasteiger charge is 2.24. The molecule has 0 aliphatic rings. The molecule has 2 aromatic carbocycles. The number of aromatic amines is 1. The van der Waals surface area contributed by atoms with E-state index in [1.54, 1.807) is 6.07 Å². The molecule has 3 N–H and O–H groups in total. The minimum Gasteiger partial charge on any atom is -0.361 e. The van der Waals surface area contributed by atoms with Crippen molar-refractivity contribution in [2.45, 2.75) is 26.3 Å². The fraction of sp³-hybridized carbons (Fsp3) is 0.167. The monoisotopic (exact) mass is 417 g/mol. The van der Waals surface area contributed by atoms with Crippen LogP contribution in [0.4, 0.5) is 5.69 Å². The van der Waals surface area contributed by atoms with Gasteiger partial charge >= 0.3 is 0 Å². The number of fused-ring (bicyclic) bond motifs is 1. The predicted octanol–water partition coefficient (Wildman–Crippen LogP) is 4.83. The molecule has 0 spiro atoms. The number of hydrogen-bond acceptors (Lipinski definition) is 3. The van der Waals surface area contributed by atoms with Crippen LogP contribution in [-0.4, -0.2) is 22.8 Å². The van der Waals surface area contributed by atoms with E-state index in [4.69, 9.17) is 0 Å².